The maximum absolute atomic E-state index is 12.8. The third-order valence-electron chi connectivity index (χ3n) is 4.36. The first-order chi connectivity index (χ1) is 15.3. The van der Waals surface area contributed by atoms with Gasteiger partial charge < -0.3 is 5.32 Å². The Labute approximate surface area is 196 Å². The molecule has 0 radical (unpaired) electrons. The van der Waals surface area contributed by atoms with Crippen LogP contribution in [0, 0.1) is 10.1 Å². The molecule has 160 valence electrons. The molecule has 4 rings (SSSR count). The SMILES string of the molecule is O=C(Nc1cccc([N+](=O)[O-])c1)c1nc(-c2cccc(Cl)c2)n(-c2ccc(Cl)c(Cl)c2)n1. The van der Waals surface area contributed by atoms with Crippen molar-refractivity contribution in [2.24, 2.45) is 0 Å². The molecule has 0 unspecified atom stereocenters. The first-order valence-electron chi connectivity index (χ1n) is 9.06. The Kier molecular flexibility index (Phi) is 6.09. The number of nitro benzene ring substituents is 1. The van der Waals surface area contributed by atoms with Gasteiger partial charge in [-0.3, -0.25) is 14.9 Å². The second-order valence-electron chi connectivity index (χ2n) is 6.54. The number of nitro groups is 1. The van der Waals surface area contributed by atoms with Crippen LogP contribution in [0.4, 0.5) is 11.4 Å². The number of carbonyl (C=O) groups excluding carboxylic acids is 1. The van der Waals surface area contributed by atoms with E-state index in [0.29, 0.717) is 32.1 Å². The van der Waals surface area contributed by atoms with Crippen LogP contribution in [0.1, 0.15) is 10.6 Å². The Hall–Kier alpha value is -3.46. The van der Waals surface area contributed by atoms with Crippen LogP contribution >= 0.6 is 34.8 Å². The van der Waals surface area contributed by atoms with Gasteiger partial charge in [-0.05, 0) is 36.4 Å². The van der Waals surface area contributed by atoms with Crippen LogP contribution in [-0.2, 0) is 0 Å². The second-order valence-corrected chi connectivity index (χ2v) is 7.79. The zero-order valence-corrected chi connectivity index (χ0v) is 18.3. The Bertz CT molecular complexity index is 1360. The van der Waals surface area contributed by atoms with Crippen molar-refractivity contribution in [1.82, 2.24) is 14.8 Å². The van der Waals surface area contributed by atoms with Gasteiger partial charge in [-0.15, -0.1) is 5.10 Å². The Balaban J connectivity index is 1.76. The summed E-state index contributed by atoms with van der Waals surface area (Å²) in [6.07, 6.45) is 0. The summed E-state index contributed by atoms with van der Waals surface area (Å²) < 4.78 is 1.44. The van der Waals surface area contributed by atoms with E-state index in [1.807, 2.05) is 0 Å². The minimum absolute atomic E-state index is 0.155. The number of nitrogens with zero attached hydrogens (tertiary/aromatic N) is 4. The number of amides is 1. The van der Waals surface area contributed by atoms with E-state index in [0.717, 1.165) is 0 Å². The van der Waals surface area contributed by atoms with Crippen molar-refractivity contribution in [3.8, 4) is 17.1 Å². The minimum Gasteiger partial charge on any atom is -0.319 e. The predicted molar refractivity (Wildman–Crippen MR) is 123 cm³/mol. The molecule has 0 fully saturated rings. The molecule has 0 aliphatic carbocycles. The summed E-state index contributed by atoms with van der Waals surface area (Å²) >= 11 is 18.3. The van der Waals surface area contributed by atoms with Gasteiger partial charge in [0.25, 0.3) is 11.6 Å². The smallest absolute Gasteiger partial charge is 0.295 e. The number of hydrogen-bond donors (Lipinski definition) is 1. The van der Waals surface area contributed by atoms with Gasteiger partial charge in [0, 0.05) is 28.4 Å². The van der Waals surface area contributed by atoms with E-state index < -0.39 is 10.8 Å². The topological polar surface area (TPSA) is 103 Å². The predicted octanol–water partition coefficient (Wildman–Crippen LogP) is 6.06. The molecule has 4 aromatic rings. The maximum atomic E-state index is 12.8. The number of benzene rings is 3. The lowest BCUT2D eigenvalue weighted by Gasteiger charge is -2.07. The van der Waals surface area contributed by atoms with Crippen molar-refractivity contribution >= 4 is 52.1 Å². The van der Waals surface area contributed by atoms with E-state index in [1.54, 1.807) is 42.5 Å². The fraction of sp³-hybridized carbons (Fsp3) is 0. The minimum atomic E-state index is -0.646. The lowest BCUT2D eigenvalue weighted by atomic mass is 10.2. The van der Waals surface area contributed by atoms with E-state index in [2.05, 4.69) is 15.4 Å². The summed E-state index contributed by atoms with van der Waals surface area (Å²) in [6, 6.07) is 17.3. The molecule has 11 heteroatoms. The lowest BCUT2D eigenvalue weighted by molar-refractivity contribution is -0.384. The van der Waals surface area contributed by atoms with E-state index in [9.17, 15) is 14.9 Å². The van der Waals surface area contributed by atoms with Crippen LogP contribution in [0.5, 0.6) is 0 Å². The fourth-order valence-electron chi connectivity index (χ4n) is 2.90. The fourth-order valence-corrected chi connectivity index (χ4v) is 3.39. The molecule has 8 nitrogen and oxygen atoms in total. The maximum Gasteiger partial charge on any atom is 0.295 e. The molecule has 1 N–H and O–H groups in total. The molecule has 0 aliphatic heterocycles. The summed E-state index contributed by atoms with van der Waals surface area (Å²) in [5.74, 6) is -0.458. The van der Waals surface area contributed by atoms with Crippen LogP contribution in [0.2, 0.25) is 15.1 Å². The molecule has 1 aromatic heterocycles. The van der Waals surface area contributed by atoms with Gasteiger partial charge in [-0.2, -0.15) is 0 Å². The summed E-state index contributed by atoms with van der Waals surface area (Å²) in [4.78, 5) is 27.6. The van der Waals surface area contributed by atoms with Gasteiger partial charge in [0.15, 0.2) is 5.82 Å². The zero-order valence-electron chi connectivity index (χ0n) is 16.0. The van der Waals surface area contributed by atoms with Crippen molar-refractivity contribution in [2.75, 3.05) is 5.32 Å². The van der Waals surface area contributed by atoms with Crippen molar-refractivity contribution in [3.63, 3.8) is 0 Å². The summed E-state index contributed by atoms with van der Waals surface area (Å²) in [6.45, 7) is 0. The average Bonchev–Trinajstić information content (AvgIpc) is 3.21. The number of hydrogen-bond acceptors (Lipinski definition) is 5. The lowest BCUT2D eigenvalue weighted by Crippen LogP contribution is -2.14. The standard InChI is InChI=1S/C21H12Cl3N5O3/c22-13-4-1-3-12(9-13)20-26-19(27-28(20)15-7-8-17(23)18(24)11-15)21(30)25-14-5-2-6-16(10-14)29(31)32/h1-11H,(H,25,30). The number of anilines is 1. The molecule has 1 amide bonds. The third kappa shape index (κ3) is 4.57. The summed E-state index contributed by atoms with van der Waals surface area (Å²) in [7, 11) is 0. The largest absolute Gasteiger partial charge is 0.319 e. The van der Waals surface area contributed by atoms with Gasteiger partial charge in [0.1, 0.15) is 0 Å². The first kappa shape index (κ1) is 21.8. The quantitative estimate of drug-likeness (QED) is 0.272. The van der Waals surface area contributed by atoms with E-state index >= 15 is 0 Å². The molecular formula is C21H12Cl3N5O3. The van der Waals surface area contributed by atoms with Crippen LogP contribution in [0.15, 0.2) is 66.7 Å². The van der Waals surface area contributed by atoms with Crippen molar-refractivity contribution < 1.29 is 9.72 Å². The first-order valence-corrected chi connectivity index (χ1v) is 10.2. The average molecular weight is 489 g/mol. The van der Waals surface area contributed by atoms with E-state index in [1.165, 1.54) is 28.9 Å². The Morgan fingerprint density at radius 2 is 1.75 bits per heavy atom. The molecule has 0 spiro atoms. The van der Waals surface area contributed by atoms with Crippen molar-refractivity contribution in [2.45, 2.75) is 0 Å². The summed E-state index contributed by atoms with van der Waals surface area (Å²) in [5, 5.41) is 19.0. The molecule has 0 aliphatic rings. The summed E-state index contributed by atoms with van der Waals surface area (Å²) in [5.41, 5.74) is 1.22. The van der Waals surface area contributed by atoms with Gasteiger partial charge in [0.05, 0.1) is 20.7 Å². The molecule has 3 aromatic carbocycles. The van der Waals surface area contributed by atoms with E-state index in [-0.39, 0.29) is 17.2 Å². The van der Waals surface area contributed by atoms with Gasteiger partial charge in [-0.1, -0.05) is 53.0 Å². The molecule has 0 atom stereocenters. The number of nitrogens with one attached hydrogen (secondary N) is 1. The van der Waals surface area contributed by atoms with Crippen molar-refractivity contribution in [1.29, 1.82) is 0 Å². The normalized spacial score (nSPS) is 10.7. The van der Waals surface area contributed by atoms with Crippen LogP contribution in [0.25, 0.3) is 17.1 Å². The molecular weight excluding hydrogens is 477 g/mol. The highest BCUT2D eigenvalue weighted by atomic mass is 35.5. The molecule has 1 heterocycles. The highest BCUT2D eigenvalue weighted by Crippen LogP contribution is 2.28. The zero-order chi connectivity index (χ0) is 22.8. The molecule has 0 bridgehead atoms. The van der Waals surface area contributed by atoms with E-state index in [4.69, 9.17) is 34.8 Å². The van der Waals surface area contributed by atoms with Gasteiger partial charge in [-0.25, -0.2) is 9.67 Å². The monoisotopic (exact) mass is 487 g/mol. The number of carbonyl (C=O) groups is 1. The van der Waals surface area contributed by atoms with Crippen LogP contribution < -0.4 is 5.32 Å². The van der Waals surface area contributed by atoms with Crippen LogP contribution in [0.3, 0.4) is 0 Å². The highest BCUT2D eigenvalue weighted by molar-refractivity contribution is 6.42. The third-order valence-corrected chi connectivity index (χ3v) is 5.33. The molecule has 0 saturated carbocycles. The highest BCUT2D eigenvalue weighted by Gasteiger charge is 2.20. The molecule has 32 heavy (non-hydrogen) atoms. The van der Waals surface area contributed by atoms with Crippen molar-refractivity contribution in [3.05, 3.63) is 97.7 Å². The Morgan fingerprint density at radius 1 is 0.969 bits per heavy atom. The van der Waals surface area contributed by atoms with Gasteiger partial charge >= 0.3 is 0 Å². The number of halogens is 3. The second kappa shape index (κ2) is 8.96. The van der Waals surface area contributed by atoms with Crippen LogP contribution in [-0.4, -0.2) is 25.6 Å². The van der Waals surface area contributed by atoms with Gasteiger partial charge in [0.2, 0.25) is 5.82 Å². The number of rotatable bonds is 5. The number of non-ortho nitro benzene ring substituents is 1. The number of aromatic nitrogens is 3. The Morgan fingerprint density at radius 3 is 2.47 bits per heavy atom. The molecule has 0 saturated heterocycles.